The summed E-state index contributed by atoms with van der Waals surface area (Å²) < 4.78 is 5.02. The highest BCUT2D eigenvalue weighted by atomic mass is 16.5. The Kier molecular flexibility index (Phi) is 2.59. The van der Waals surface area contributed by atoms with E-state index in [9.17, 15) is 9.59 Å². The molecule has 0 saturated carbocycles. The summed E-state index contributed by atoms with van der Waals surface area (Å²) >= 11 is 0. The van der Waals surface area contributed by atoms with Crippen LogP contribution in [0.3, 0.4) is 0 Å². The fraction of sp³-hybridized carbons (Fsp3) is 0.167. The molecule has 1 aromatic carbocycles. The Morgan fingerprint density at radius 1 is 1.12 bits per heavy atom. The minimum Gasteiger partial charge on any atom is -0.497 e. The van der Waals surface area contributed by atoms with E-state index in [0.717, 1.165) is 4.90 Å². The van der Waals surface area contributed by atoms with Crippen LogP contribution in [0.4, 0.5) is 0 Å². The maximum atomic E-state index is 11.8. The van der Waals surface area contributed by atoms with Gasteiger partial charge in [0.15, 0.2) is 0 Å². The van der Waals surface area contributed by atoms with E-state index in [1.807, 2.05) is 0 Å². The average molecular weight is 232 g/mol. The second-order valence-electron chi connectivity index (χ2n) is 3.69. The third-order valence-electron chi connectivity index (χ3n) is 2.70. The van der Waals surface area contributed by atoms with Crippen molar-refractivity contribution in [3.05, 3.63) is 35.5 Å². The van der Waals surface area contributed by atoms with Gasteiger partial charge in [-0.15, -0.1) is 0 Å². The Balaban J connectivity index is 2.46. The minimum atomic E-state index is -0.458. The van der Waals surface area contributed by atoms with Gasteiger partial charge in [0.1, 0.15) is 11.4 Å². The average Bonchev–Trinajstić information content (AvgIpc) is 2.54. The van der Waals surface area contributed by atoms with Crippen LogP contribution in [-0.4, -0.2) is 30.9 Å². The molecule has 5 nitrogen and oxygen atoms in total. The number of carbonyl (C=O) groups is 2. The smallest absolute Gasteiger partial charge is 0.277 e. The van der Waals surface area contributed by atoms with Crippen molar-refractivity contribution < 1.29 is 14.3 Å². The number of hydrogen-bond acceptors (Lipinski definition) is 4. The highest BCUT2D eigenvalue weighted by Crippen LogP contribution is 2.26. The molecule has 0 unspecified atom stereocenters. The third kappa shape index (κ3) is 1.65. The van der Waals surface area contributed by atoms with Crippen LogP contribution in [-0.2, 0) is 9.59 Å². The van der Waals surface area contributed by atoms with Crippen LogP contribution >= 0.6 is 0 Å². The molecular weight excluding hydrogens is 220 g/mol. The number of hydrogen-bond donors (Lipinski definition) is 1. The highest BCUT2D eigenvalue weighted by molar-refractivity contribution is 6.35. The summed E-state index contributed by atoms with van der Waals surface area (Å²) in [6, 6.07) is 6.83. The number of ether oxygens (including phenoxy) is 1. The molecule has 1 aromatic rings. The summed E-state index contributed by atoms with van der Waals surface area (Å²) in [5, 5.41) is 0. The van der Waals surface area contributed by atoms with E-state index < -0.39 is 5.91 Å². The highest BCUT2D eigenvalue weighted by Gasteiger charge is 2.34. The molecule has 88 valence electrons. The molecule has 2 N–H and O–H groups in total. The van der Waals surface area contributed by atoms with Crippen molar-refractivity contribution in [2.24, 2.45) is 5.73 Å². The monoisotopic (exact) mass is 232 g/mol. The van der Waals surface area contributed by atoms with E-state index in [4.69, 9.17) is 10.5 Å². The molecule has 2 rings (SSSR count). The van der Waals surface area contributed by atoms with Crippen LogP contribution in [0.1, 0.15) is 5.56 Å². The maximum absolute atomic E-state index is 11.8. The molecule has 0 atom stereocenters. The van der Waals surface area contributed by atoms with Crippen LogP contribution in [0.25, 0.3) is 5.57 Å². The van der Waals surface area contributed by atoms with E-state index in [1.165, 1.54) is 7.05 Å². The topological polar surface area (TPSA) is 72.6 Å². The number of amides is 2. The summed E-state index contributed by atoms with van der Waals surface area (Å²) in [5.74, 6) is -0.156. The van der Waals surface area contributed by atoms with Crippen LogP contribution in [0.5, 0.6) is 5.75 Å². The SMILES string of the molecule is COc1ccc(C2=C(N)C(=O)N(C)C2=O)cc1. The molecule has 0 radical (unpaired) electrons. The summed E-state index contributed by atoms with van der Waals surface area (Å²) in [6.07, 6.45) is 0. The van der Waals surface area contributed by atoms with Gasteiger partial charge in [-0.1, -0.05) is 12.1 Å². The molecule has 5 heteroatoms. The van der Waals surface area contributed by atoms with Crippen molar-refractivity contribution >= 4 is 17.4 Å². The van der Waals surface area contributed by atoms with Gasteiger partial charge in [0.05, 0.1) is 12.7 Å². The van der Waals surface area contributed by atoms with E-state index in [-0.39, 0.29) is 17.2 Å². The molecule has 0 aromatic heterocycles. The van der Waals surface area contributed by atoms with Gasteiger partial charge in [-0.05, 0) is 17.7 Å². The van der Waals surface area contributed by atoms with Crippen molar-refractivity contribution in [2.45, 2.75) is 0 Å². The number of likely N-dealkylation sites (N-methyl/N-ethyl adjacent to an activating group) is 1. The second-order valence-corrected chi connectivity index (χ2v) is 3.69. The lowest BCUT2D eigenvalue weighted by atomic mass is 10.1. The normalized spacial score (nSPS) is 15.8. The summed E-state index contributed by atoms with van der Waals surface area (Å²) in [7, 11) is 2.97. The van der Waals surface area contributed by atoms with Gasteiger partial charge in [0, 0.05) is 7.05 Å². The first kappa shape index (κ1) is 11.2. The van der Waals surface area contributed by atoms with Gasteiger partial charge in [0.2, 0.25) is 0 Å². The predicted molar refractivity (Wildman–Crippen MR) is 61.9 cm³/mol. The molecule has 1 aliphatic heterocycles. The van der Waals surface area contributed by atoms with Gasteiger partial charge >= 0.3 is 0 Å². The van der Waals surface area contributed by atoms with Crippen molar-refractivity contribution in [1.29, 1.82) is 0 Å². The van der Waals surface area contributed by atoms with E-state index >= 15 is 0 Å². The first-order chi connectivity index (χ1) is 8.06. The molecule has 17 heavy (non-hydrogen) atoms. The van der Waals surface area contributed by atoms with Gasteiger partial charge in [-0.3, -0.25) is 14.5 Å². The van der Waals surface area contributed by atoms with Gasteiger partial charge in [-0.2, -0.15) is 0 Å². The summed E-state index contributed by atoms with van der Waals surface area (Å²) in [5.41, 5.74) is 6.50. The number of benzene rings is 1. The molecular formula is C12H12N2O3. The lowest BCUT2D eigenvalue weighted by molar-refractivity contribution is -0.135. The Bertz CT molecular complexity index is 517. The van der Waals surface area contributed by atoms with Crippen LogP contribution in [0.2, 0.25) is 0 Å². The zero-order chi connectivity index (χ0) is 12.6. The standard InChI is InChI=1S/C12H12N2O3/c1-14-11(15)9(10(13)12(14)16)7-3-5-8(17-2)6-4-7/h3-6H,13H2,1-2H3. The van der Waals surface area contributed by atoms with Crippen LogP contribution in [0, 0.1) is 0 Å². The first-order valence-corrected chi connectivity index (χ1v) is 5.03. The van der Waals surface area contributed by atoms with E-state index in [0.29, 0.717) is 11.3 Å². The van der Waals surface area contributed by atoms with E-state index in [2.05, 4.69) is 0 Å². The lowest BCUT2D eigenvalue weighted by Gasteiger charge is -2.06. The fourth-order valence-corrected chi connectivity index (χ4v) is 1.70. The molecule has 0 saturated heterocycles. The summed E-state index contributed by atoms with van der Waals surface area (Å²) in [6.45, 7) is 0. The molecule has 1 aliphatic rings. The Hall–Kier alpha value is -2.30. The fourth-order valence-electron chi connectivity index (χ4n) is 1.70. The Morgan fingerprint density at radius 3 is 2.12 bits per heavy atom. The Labute approximate surface area is 98.5 Å². The zero-order valence-corrected chi connectivity index (χ0v) is 9.56. The van der Waals surface area contributed by atoms with Crippen LogP contribution < -0.4 is 10.5 Å². The zero-order valence-electron chi connectivity index (χ0n) is 9.56. The van der Waals surface area contributed by atoms with Crippen molar-refractivity contribution in [1.82, 2.24) is 4.90 Å². The lowest BCUT2D eigenvalue weighted by Crippen LogP contribution is -2.28. The Morgan fingerprint density at radius 2 is 1.71 bits per heavy atom. The number of rotatable bonds is 2. The molecule has 1 heterocycles. The molecule has 0 bridgehead atoms. The first-order valence-electron chi connectivity index (χ1n) is 5.03. The number of carbonyl (C=O) groups excluding carboxylic acids is 2. The molecule has 0 fully saturated rings. The number of imide groups is 1. The maximum Gasteiger partial charge on any atom is 0.277 e. The van der Waals surface area contributed by atoms with Gasteiger partial charge in [-0.25, -0.2) is 0 Å². The predicted octanol–water partition coefficient (Wildman–Crippen LogP) is 0.364. The minimum absolute atomic E-state index is 0.0114. The number of nitrogens with zero attached hydrogens (tertiary/aromatic N) is 1. The largest absolute Gasteiger partial charge is 0.497 e. The third-order valence-corrected chi connectivity index (χ3v) is 2.70. The molecule has 0 spiro atoms. The molecule has 2 amide bonds. The van der Waals surface area contributed by atoms with Crippen molar-refractivity contribution in [3.8, 4) is 5.75 Å². The number of methoxy groups -OCH3 is 1. The molecule has 0 aliphatic carbocycles. The van der Waals surface area contributed by atoms with Crippen molar-refractivity contribution in [2.75, 3.05) is 14.2 Å². The second kappa shape index (κ2) is 3.93. The quantitative estimate of drug-likeness (QED) is 0.747. The van der Waals surface area contributed by atoms with Crippen LogP contribution in [0.15, 0.2) is 30.0 Å². The van der Waals surface area contributed by atoms with Gasteiger partial charge in [0.25, 0.3) is 11.8 Å². The van der Waals surface area contributed by atoms with E-state index in [1.54, 1.807) is 31.4 Å². The van der Waals surface area contributed by atoms with Crippen molar-refractivity contribution in [3.63, 3.8) is 0 Å². The summed E-state index contributed by atoms with van der Waals surface area (Å²) in [4.78, 5) is 24.3. The van der Waals surface area contributed by atoms with Gasteiger partial charge < -0.3 is 10.5 Å². The number of nitrogens with two attached hydrogens (primary N) is 1.